The van der Waals surface area contributed by atoms with E-state index in [1.165, 1.54) is 0 Å². The molecule has 158 valence electrons. The normalized spacial score (nSPS) is 10.4. The first-order valence-corrected chi connectivity index (χ1v) is 10.2. The molecule has 4 aromatic rings. The first kappa shape index (κ1) is 21.0. The van der Waals surface area contributed by atoms with Crippen molar-refractivity contribution in [3.05, 3.63) is 95.6 Å². The van der Waals surface area contributed by atoms with E-state index in [0.29, 0.717) is 17.1 Å². The highest BCUT2D eigenvalue weighted by Gasteiger charge is 2.24. The van der Waals surface area contributed by atoms with Crippen LogP contribution < -0.4 is 10.1 Å². The maximum atomic E-state index is 12.6. The lowest BCUT2D eigenvalue weighted by atomic mass is 9.98. The Labute approximate surface area is 186 Å². The number of aryl methyl sites for hydroxylation is 2. The number of nitrogens with zero attached hydrogens (tertiary/aromatic N) is 1. The van der Waals surface area contributed by atoms with Gasteiger partial charge in [0, 0.05) is 11.1 Å². The number of nitriles is 1. The van der Waals surface area contributed by atoms with E-state index in [-0.39, 0.29) is 18.1 Å². The van der Waals surface area contributed by atoms with Crippen molar-refractivity contribution in [2.45, 2.75) is 13.8 Å². The minimum Gasteiger partial charge on any atom is -0.483 e. The smallest absolute Gasteiger partial charge is 0.264 e. The van der Waals surface area contributed by atoms with E-state index in [4.69, 9.17) is 9.15 Å². The number of ether oxygens (including phenoxy) is 1. The van der Waals surface area contributed by atoms with Crippen molar-refractivity contribution in [2.24, 2.45) is 0 Å². The molecule has 0 aliphatic rings. The van der Waals surface area contributed by atoms with Crippen LogP contribution >= 0.6 is 0 Å². The van der Waals surface area contributed by atoms with Gasteiger partial charge in [-0.15, -0.1) is 0 Å². The maximum absolute atomic E-state index is 12.6. The van der Waals surface area contributed by atoms with E-state index < -0.39 is 5.91 Å². The van der Waals surface area contributed by atoms with Crippen molar-refractivity contribution >= 4 is 11.8 Å². The molecule has 0 fully saturated rings. The molecule has 0 spiro atoms. The average Bonchev–Trinajstić information content (AvgIpc) is 3.17. The summed E-state index contributed by atoms with van der Waals surface area (Å²) >= 11 is 0. The molecule has 5 heteroatoms. The second kappa shape index (κ2) is 9.23. The second-order valence-electron chi connectivity index (χ2n) is 7.46. The lowest BCUT2D eigenvalue weighted by Crippen LogP contribution is -2.20. The van der Waals surface area contributed by atoms with Crippen LogP contribution in [-0.4, -0.2) is 12.5 Å². The molecule has 32 heavy (non-hydrogen) atoms. The van der Waals surface area contributed by atoms with Gasteiger partial charge in [-0.25, -0.2) is 0 Å². The number of carbonyl (C=O) groups excluding carboxylic acids is 1. The van der Waals surface area contributed by atoms with Crippen LogP contribution in [0.25, 0.3) is 22.5 Å². The van der Waals surface area contributed by atoms with E-state index in [2.05, 4.69) is 11.4 Å². The predicted octanol–water partition coefficient (Wildman–Crippen LogP) is 6.12. The Kier molecular flexibility index (Phi) is 6.05. The number of carbonyl (C=O) groups is 1. The zero-order chi connectivity index (χ0) is 22.5. The number of amides is 1. The van der Waals surface area contributed by atoms with Gasteiger partial charge in [-0.2, -0.15) is 5.26 Å². The second-order valence-corrected chi connectivity index (χ2v) is 7.46. The summed E-state index contributed by atoms with van der Waals surface area (Å²) < 4.78 is 11.7. The quantitative estimate of drug-likeness (QED) is 0.406. The largest absolute Gasteiger partial charge is 0.483 e. The van der Waals surface area contributed by atoms with Gasteiger partial charge in [0.2, 0.25) is 5.88 Å². The molecule has 0 unspecified atom stereocenters. The number of benzene rings is 3. The fourth-order valence-corrected chi connectivity index (χ4v) is 3.57. The summed E-state index contributed by atoms with van der Waals surface area (Å²) in [5.41, 5.74) is 4.63. The van der Waals surface area contributed by atoms with Gasteiger partial charge >= 0.3 is 0 Å². The highest BCUT2D eigenvalue weighted by molar-refractivity contribution is 5.96. The maximum Gasteiger partial charge on any atom is 0.264 e. The Hall–Kier alpha value is -4.30. The van der Waals surface area contributed by atoms with Gasteiger partial charge in [-0.05, 0) is 31.0 Å². The van der Waals surface area contributed by atoms with Gasteiger partial charge in [0.05, 0.1) is 0 Å². The molecule has 3 aromatic carbocycles. The van der Waals surface area contributed by atoms with Gasteiger partial charge in [0.25, 0.3) is 5.91 Å². The minimum absolute atomic E-state index is 0.111. The summed E-state index contributed by atoms with van der Waals surface area (Å²) in [6.07, 6.45) is 0. The zero-order valence-corrected chi connectivity index (χ0v) is 17.9. The molecule has 0 bridgehead atoms. The molecule has 0 aliphatic carbocycles. The van der Waals surface area contributed by atoms with Crippen LogP contribution in [0.1, 0.15) is 16.7 Å². The molecule has 0 radical (unpaired) electrons. The van der Waals surface area contributed by atoms with Crippen LogP contribution in [0.4, 0.5) is 5.88 Å². The van der Waals surface area contributed by atoms with Gasteiger partial charge in [-0.1, -0.05) is 78.4 Å². The fraction of sp³-hybridized carbons (Fsp3) is 0.111. The van der Waals surface area contributed by atoms with E-state index in [1.54, 1.807) is 0 Å². The molecule has 1 amide bonds. The molecule has 0 saturated heterocycles. The van der Waals surface area contributed by atoms with Gasteiger partial charge in [-0.3, -0.25) is 10.1 Å². The SMILES string of the molecule is Cc1ccc(OCC(=O)Nc2oc(-c3ccccc3)c(-c3ccccc3)c2C#N)c(C)c1. The number of anilines is 1. The third kappa shape index (κ3) is 4.40. The molecular weight excluding hydrogens is 400 g/mol. The highest BCUT2D eigenvalue weighted by atomic mass is 16.5. The molecule has 0 aliphatic heterocycles. The Morgan fingerprint density at radius 3 is 2.25 bits per heavy atom. The number of nitrogens with one attached hydrogen (secondary N) is 1. The Morgan fingerprint density at radius 1 is 0.969 bits per heavy atom. The minimum atomic E-state index is -0.408. The number of furan rings is 1. The topological polar surface area (TPSA) is 75.3 Å². The number of rotatable bonds is 6. The first-order chi connectivity index (χ1) is 15.6. The lowest BCUT2D eigenvalue weighted by Gasteiger charge is -2.09. The average molecular weight is 422 g/mol. The lowest BCUT2D eigenvalue weighted by molar-refractivity contribution is -0.118. The van der Waals surface area contributed by atoms with Crippen LogP contribution in [-0.2, 0) is 4.79 Å². The van der Waals surface area contributed by atoms with Crippen LogP contribution in [0.5, 0.6) is 5.75 Å². The van der Waals surface area contributed by atoms with Crippen molar-refractivity contribution in [1.82, 2.24) is 0 Å². The van der Waals surface area contributed by atoms with E-state index in [1.807, 2.05) is 92.7 Å². The highest BCUT2D eigenvalue weighted by Crippen LogP contribution is 2.41. The Morgan fingerprint density at radius 2 is 1.62 bits per heavy atom. The van der Waals surface area contributed by atoms with E-state index in [9.17, 15) is 10.1 Å². The summed E-state index contributed by atoms with van der Waals surface area (Å²) in [6, 6.07) is 27.0. The van der Waals surface area contributed by atoms with Gasteiger partial charge in [0.15, 0.2) is 6.61 Å². The number of hydrogen-bond acceptors (Lipinski definition) is 4. The summed E-state index contributed by atoms with van der Waals surface area (Å²) in [5, 5.41) is 12.6. The molecule has 0 atom stereocenters. The summed E-state index contributed by atoms with van der Waals surface area (Å²) in [4.78, 5) is 12.6. The summed E-state index contributed by atoms with van der Waals surface area (Å²) in [6.45, 7) is 3.73. The van der Waals surface area contributed by atoms with Crippen LogP contribution in [0.3, 0.4) is 0 Å². The van der Waals surface area contributed by atoms with E-state index >= 15 is 0 Å². The first-order valence-electron chi connectivity index (χ1n) is 10.2. The summed E-state index contributed by atoms with van der Waals surface area (Å²) in [7, 11) is 0. The van der Waals surface area contributed by atoms with Crippen molar-refractivity contribution in [3.8, 4) is 34.3 Å². The van der Waals surface area contributed by atoms with Crippen molar-refractivity contribution < 1.29 is 13.9 Å². The molecule has 1 N–H and O–H groups in total. The number of hydrogen-bond donors (Lipinski definition) is 1. The monoisotopic (exact) mass is 422 g/mol. The molecule has 1 heterocycles. The predicted molar refractivity (Wildman–Crippen MR) is 124 cm³/mol. The van der Waals surface area contributed by atoms with Gasteiger partial charge < -0.3 is 9.15 Å². The summed E-state index contributed by atoms with van der Waals surface area (Å²) in [5.74, 6) is 0.869. The van der Waals surface area contributed by atoms with Crippen molar-refractivity contribution in [1.29, 1.82) is 5.26 Å². The van der Waals surface area contributed by atoms with Crippen molar-refractivity contribution in [2.75, 3.05) is 11.9 Å². The van der Waals surface area contributed by atoms with Crippen LogP contribution in [0.2, 0.25) is 0 Å². The molecule has 5 nitrogen and oxygen atoms in total. The zero-order valence-electron chi connectivity index (χ0n) is 17.9. The van der Waals surface area contributed by atoms with Crippen molar-refractivity contribution in [3.63, 3.8) is 0 Å². The standard InChI is InChI=1S/C27H22N2O3/c1-18-13-14-23(19(2)15-18)31-17-24(30)29-27-22(16-28)25(20-9-5-3-6-10-20)26(32-27)21-11-7-4-8-12-21/h3-15H,17H2,1-2H3,(H,29,30). The Bertz CT molecular complexity index is 1290. The van der Waals surface area contributed by atoms with E-state index in [0.717, 1.165) is 22.3 Å². The fourth-order valence-electron chi connectivity index (χ4n) is 3.57. The molecule has 4 rings (SSSR count). The molecule has 0 saturated carbocycles. The molecular formula is C27H22N2O3. The third-order valence-corrected chi connectivity index (χ3v) is 5.06. The Balaban J connectivity index is 1.65. The third-order valence-electron chi connectivity index (χ3n) is 5.06. The van der Waals surface area contributed by atoms with Crippen LogP contribution in [0.15, 0.2) is 83.3 Å². The van der Waals surface area contributed by atoms with Crippen LogP contribution in [0, 0.1) is 25.2 Å². The van der Waals surface area contributed by atoms with Gasteiger partial charge in [0.1, 0.15) is 23.1 Å². The molecule has 1 aromatic heterocycles.